The number of ether oxygens (including phenoxy) is 1. The van der Waals surface area contributed by atoms with E-state index in [2.05, 4.69) is 5.32 Å². The molecule has 178 valence electrons. The lowest BCUT2D eigenvalue weighted by Gasteiger charge is -2.31. The SMILES string of the molecule is Cc1ccc(OCCCC(=O)N(Cc2ccccc2F)[C@H](C)C(=O)NC2CCCCC2)cc1. The number of nitrogens with zero attached hydrogens (tertiary/aromatic N) is 1. The first-order valence-electron chi connectivity index (χ1n) is 12.0. The Bertz CT molecular complexity index is 910. The third-order valence-corrected chi connectivity index (χ3v) is 6.24. The Balaban J connectivity index is 1.60. The summed E-state index contributed by atoms with van der Waals surface area (Å²) in [6, 6.07) is 13.6. The maximum Gasteiger partial charge on any atom is 0.242 e. The molecule has 1 saturated carbocycles. The fourth-order valence-electron chi connectivity index (χ4n) is 4.15. The van der Waals surface area contributed by atoms with Crippen LogP contribution in [0.4, 0.5) is 4.39 Å². The molecule has 0 unspecified atom stereocenters. The van der Waals surface area contributed by atoms with Gasteiger partial charge in [-0.05, 0) is 51.3 Å². The van der Waals surface area contributed by atoms with Gasteiger partial charge in [0, 0.05) is 24.6 Å². The number of carbonyl (C=O) groups excluding carboxylic acids is 2. The molecule has 0 spiro atoms. The van der Waals surface area contributed by atoms with Gasteiger partial charge in [-0.1, -0.05) is 55.2 Å². The molecule has 5 nitrogen and oxygen atoms in total. The van der Waals surface area contributed by atoms with E-state index in [1.165, 1.54) is 17.4 Å². The smallest absolute Gasteiger partial charge is 0.242 e. The van der Waals surface area contributed by atoms with Crippen LogP contribution in [0.5, 0.6) is 5.75 Å². The van der Waals surface area contributed by atoms with Crippen LogP contribution in [0.25, 0.3) is 0 Å². The average Bonchev–Trinajstić information content (AvgIpc) is 2.82. The molecule has 0 bridgehead atoms. The molecule has 33 heavy (non-hydrogen) atoms. The van der Waals surface area contributed by atoms with E-state index in [0.717, 1.165) is 37.0 Å². The normalized spacial score (nSPS) is 15.0. The van der Waals surface area contributed by atoms with Crippen molar-refractivity contribution in [1.29, 1.82) is 0 Å². The summed E-state index contributed by atoms with van der Waals surface area (Å²) in [5.41, 5.74) is 1.56. The van der Waals surface area contributed by atoms with Gasteiger partial charge in [0.2, 0.25) is 11.8 Å². The lowest BCUT2D eigenvalue weighted by Crippen LogP contribution is -2.50. The first-order chi connectivity index (χ1) is 15.9. The van der Waals surface area contributed by atoms with E-state index in [1.54, 1.807) is 25.1 Å². The lowest BCUT2D eigenvalue weighted by molar-refractivity contribution is -0.141. The number of carbonyl (C=O) groups is 2. The predicted octanol–water partition coefficient (Wildman–Crippen LogP) is 5.16. The molecule has 0 saturated heterocycles. The van der Waals surface area contributed by atoms with Gasteiger partial charge < -0.3 is 15.0 Å². The average molecular weight is 455 g/mol. The Hall–Kier alpha value is -2.89. The molecule has 1 aliphatic carbocycles. The van der Waals surface area contributed by atoms with E-state index in [1.807, 2.05) is 31.2 Å². The van der Waals surface area contributed by atoms with E-state index in [0.29, 0.717) is 18.6 Å². The minimum atomic E-state index is -0.683. The van der Waals surface area contributed by atoms with Gasteiger partial charge in [-0.25, -0.2) is 4.39 Å². The Labute approximate surface area is 196 Å². The highest BCUT2D eigenvalue weighted by molar-refractivity contribution is 5.87. The molecule has 1 fully saturated rings. The summed E-state index contributed by atoms with van der Waals surface area (Å²) in [6.45, 7) is 4.19. The van der Waals surface area contributed by atoms with Gasteiger partial charge >= 0.3 is 0 Å². The van der Waals surface area contributed by atoms with E-state index >= 15 is 0 Å². The van der Waals surface area contributed by atoms with Gasteiger partial charge in [-0.3, -0.25) is 9.59 Å². The first-order valence-corrected chi connectivity index (χ1v) is 12.0. The van der Waals surface area contributed by atoms with Crippen LogP contribution in [-0.2, 0) is 16.1 Å². The van der Waals surface area contributed by atoms with Crippen LogP contribution < -0.4 is 10.1 Å². The number of rotatable bonds is 10. The molecular formula is C27H35FN2O3. The van der Waals surface area contributed by atoms with E-state index in [-0.39, 0.29) is 36.6 Å². The number of aryl methyl sites for hydroxylation is 1. The lowest BCUT2D eigenvalue weighted by atomic mass is 9.95. The zero-order chi connectivity index (χ0) is 23.6. The second kappa shape index (κ2) is 12.4. The van der Waals surface area contributed by atoms with E-state index < -0.39 is 6.04 Å². The number of nitrogens with one attached hydrogen (secondary N) is 1. The minimum Gasteiger partial charge on any atom is -0.494 e. The molecular weight excluding hydrogens is 419 g/mol. The van der Waals surface area contributed by atoms with Gasteiger partial charge in [0.25, 0.3) is 0 Å². The highest BCUT2D eigenvalue weighted by Crippen LogP contribution is 2.19. The topological polar surface area (TPSA) is 58.6 Å². The van der Waals surface area contributed by atoms with Crippen LogP contribution in [0.15, 0.2) is 48.5 Å². The molecule has 1 N–H and O–H groups in total. The molecule has 0 heterocycles. The fourth-order valence-corrected chi connectivity index (χ4v) is 4.15. The molecule has 6 heteroatoms. The third-order valence-electron chi connectivity index (χ3n) is 6.24. The molecule has 2 aromatic rings. The summed E-state index contributed by atoms with van der Waals surface area (Å²) in [5.74, 6) is 0.0222. The Kier molecular flexibility index (Phi) is 9.28. The molecule has 0 radical (unpaired) electrons. The van der Waals surface area contributed by atoms with Crippen molar-refractivity contribution in [3.63, 3.8) is 0 Å². The summed E-state index contributed by atoms with van der Waals surface area (Å²) in [6.07, 6.45) is 6.09. The van der Waals surface area contributed by atoms with Crippen molar-refractivity contribution in [2.45, 2.75) is 77.4 Å². The van der Waals surface area contributed by atoms with Gasteiger partial charge in [0.1, 0.15) is 17.6 Å². The van der Waals surface area contributed by atoms with Crippen molar-refractivity contribution < 1.29 is 18.7 Å². The second-order valence-corrected chi connectivity index (χ2v) is 8.90. The summed E-state index contributed by atoms with van der Waals surface area (Å²) in [5, 5.41) is 3.10. The number of hydrogen-bond donors (Lipinski definition) is 1. The highest BCUT2D eigenvalue weighted by Gasteiger charge is 2.28. The van der Waals surface area contributed by atoms with Crippen LogP contribution >= 0.6 is 0 Å². The van der Waals surface area contributed by atoms with E-state index in [9.17, 15) is 14.0 Å². The zero-order valence-electron chi connectivity index (χ0n) is 19.7. The maximum absolute atomic E-state index is 14.3. The number of halogens is 1. The largest absolute Gasteiger partial charge is 0.494 e. The van der Waals surface area contributed by atoms with Crippen LogP contribution in [0, 0.1) is 12.7 Å². The molecule has 1 aliphatic rings. The molecule has 0 aromatic heterocycles. The monoisotopic (exact) mass is 454 g/mol. The highest BCUT2D eigenvalue weighted by atomic mass is 19.1. The van der Waals surface area contributed by atoms with Crippen LogP contribution in [-0.4, -0.2) is 35.4 Å². The molecule has 2 amide bonds. The van der Waals surface area contributed by atoms with Crippen molar-refractivity contribution in [3.8, 4) is 5.75 Å². The number of hydrogen-bond acceptors (Lipinski definition) is 3. The van der Waals surface area contributed by atoms with Crippen LogP contribution in [0.3, 0.4) is 0 Å². The van der Waals surface area contributed by atoms with Gasteiger partial charge in [-0.15, -0.1) is 0 Å². The van der Waals surface area contributed by atoms with Gasteiger partial charge in [-0.2, -0.15) is 0 Å². The van der Waals surface area contributed by atoms with Crippen molar-refractivity contribution in [3.05, 3.63) is 65.5 Å². The third kappa shape index (κ3) is 7.58. The summed E-state index contributed by atoms with van der Waals surface area (Å²) in [7, 11) is 0. The maximum atomic E-state index is 14.3. The van der Waals surface area contributed by atoms with E-state index in [4.69, 9.17) is 4.74 Å². The molecule has 3 rings (SSSR count). The van der Waals surface area contributed by atoms with Crippen molar-refractivity contribution in [2.75, 3.05) is 6.61 Å². The first kappa shape index (κ1) is 24.7. The summed E-state index contributed by atoms with van der Waals surface area (Å²) < 4.78 is 20.0. The standard InChI is InChI=1S/C27H35FN2O3/c1-20-14-16-24(17-15-20)33-18-8-13-26(31)30(19-22-9-6-7-12-25(22)28)21(2)27(32)29-23-10-4-3-5-11-23/h6-7,9,12,14-17,21,23H,3-5,8,10-11,13,18-19H2,1-2H3,(H,29,32)/t21-/m1/s1. The van der Waals surface area contributed by atoms with Crippen molar-refractivity contribution in [1.82, 2.24) is 10.2 Å². The number of amides is 2. The Morgan fingerprint density at radius 1 is 1.09 bits per heavy atom. The van der Waals surface area contributed by atoms with Crippen LogP contribution in [0.1, 0.15) is 63.0 Å². The summed E-state index contributed by atoms with van der Waals surface area (Å²) in [4.78, 5) is 27.6. The Morgan fingerprint density at radius 2 is 1.79 bits per heavy atom. The van der Waals surface area contributed by atoms with Crippen molar-refractivity contribution >= 4 is 11.8 Å². The van der Waals surface area contributed by atoms with Gasteiger partial charge in [0.15, 0.2) is 0 Å². The zero-order valence-corrected chi connectivity index (χ0v) is 19.7. The molecule has 1 atom stereocenters. The predicted molar refractivity (Wildman–Crippen MR) is 127 cm³/mol. The Morgan fingerprint density at radius 3 is 2.48 bits per heavy atom. The molecule has 2 aromatic carbocycles. The summed E-state index contributed by atoms with van der Waals surface area (Å²) >= 11 is 0. The molecule has 0 aliphatic heterocycles. The number of benzene rings is 2. The van der Waals surface area contributed by atoms with Crippen molar-refractivity contribution in [2.24, 2.45) is 0 Å². The van der Waals surface area contributed by atoms with Gasteiger partial charge in [0.05, 0.1) is 6.61 Å². The van der Waals surface area contributed by atoms with Crippen LogP contribution in [0.2, 0.25) is 0 Å². The second-order valence-electron chi connectivity index (χ2n) is 8.90. The fraction of sp³-hybridized carbons (Fsp3) is 0.481. The minimum absolute atomic E-state index is 0.0591. The quantitative estimate of drug-likeness (QED) is 0.505.